The van der Waals surface area contributed by atoms with Gasteiger partial charge in [-0.3, -0.25) is 4.79 Å². The van der Waals surface area contributed by atoms with Crippen molar-refractivity contribution in [1.82, 2.24) is 4.90 Å². The van der Waals surface area contributed by atoms with Crippen LogP contribution in [0, 0.1) is 11.3 Å². The van der Waals surface area contributed by atoms with E-state index in [4.69, 9.17) is 37.4 Å². The van der Waals surface area contributed by atoms with Gasteiger partial charge in [0.2, 0.25) is 5.91 Å². The molecule has 3 aromatic carbocycles. The second-order valence-corrected chi connectivity index (χ2v) is 11.8. The van der Waals surface area contributed by atoms with Gasteiger partial charge in [-0.2, -0.15) is 5.26 Å². The molecular weight excluding hydrogens is 573 g/mol. The fourth-order valence-corrected chi connectivity index (χ4v) is 6.36. The monoisotopic (exact) mass is 607 g/mol. The van der Waals surface area contributed by atoms with Crippen molar-refractivity contribution in [3.63, 3.8) is 0 Å². The zero-order valence-corrected chi connectivity index (χ0v) is 25.2. The molecule has 220 valence electrons. The van der Waals surface area contributed by atoms with Gasteiger partial charge in [0.1, 0.15) is 6.61 Å². The summed E-state index contributed by atoms with van der Waals surface area (Å²) in [4.78, 5) is 15.4. The van der Waals surface area contributed by atoms with E-state index in [-0.39, 0.29) is 24.9 Å². The summed E-state index contributed by atoms with van der Waals surface area (Å²) in [6, 6.07) is 22.9. The lowest BCUT2D eigenvalue weighted by Gasteiger charge is -2.43. The number of nitriles is 1. The molecule has 0 radical (unpaired) electrons. The maximum absolute atomic E-state index is 12.9. The number of nitrogens with zero attached hydrogens (tertiary/aromatic N) is 2. The molecule has 0 bridgehead atoms. The molecular formula is C33H35Cl2N3O4. The first-order valence-corrected chi connectivity index (χ1v) is 15.0. The van der Waals surface area contributed by atoms with Crippen molar-refractivity contribution in [3.8, 4) is 17.2 Å². The van der Waals surface area contributed by atoms with Gasteiger partial charge in [0.15, 0.2) is 6.29 Å². The fourth-order valence-electron chi connectivity index (χ4n) is 5.83. The highest BCUT2D eigenvalue weighted by molar-refractivity contribution is 6.35. The van der Waals surface area contributed by atoms with E-state index in [0.29, 0.717) is 21.3 Å². The fraction of sp³-hybridized carbons (Fsp3) is 0.394. The van der Waals surface area contributed by atoms with Crippen molar-refractivity contribution >= 4 is 34.8 Å². The van der Waals surface area contributed by atoms with Crippen molar-refractivity contribution in [2.45, 2.75) is 50.1 Å². The van der Waals surface area contributed by atoms with Crippen LogP contribution in [0.25, 0.3) is 11.1 Å². The minimum absolute atomic E-state index is 0.114. The Kier molecular flexibility index (Phi) is 10.2. The van der Waals surface area contributed by atoms with Crippen molar-refractivity contribution in [1.29, 1.82) is 5.26 Å². The third-order valence-electron chi connectivity index (χ3n) is 8.06. The predicted molar refractivity (Wildman–Crippen MR) is 165 cm³/mol. The summed E-state index contributed by atoms with van der Waals surface area (Å²) in [5, 5.41) is 13.0. The Balaban J connectivity index is 1.30. The maximum atomic E-state index is 12.9. The number of piperidine rings is 1. The molecule has 5 rings (SSSR count). The molecule has 9 heteroatoms. The number of likely N-dealkylation sites (tertiary alicyclic amines) is 1. The SMILES string of the molecule is COC1CCCC(CN2CCC(OCC(=O)Nc3cc(Cl)cc(Cl)c3)(c3ccc(-c4cccc(C#N)c4)cc3)CC2)O1. The summed E-state index contributed by atoms with van der Waals surface area (Å²) in [6.45, 7) is 2.36. The van der Waals surface area contributed by atoms with Crippen LogP contribution < -0.4 is 5.32 Å². The largest absolute Gasteiger partial charge is 0.360 e. The molecule has 42 heavy (non-hydrogen) atoms. The van der Waals surface area contributed by atoms with Gasteiger partial charge in [0, 0.05) is 42.5 Å². The molecule has 0 spiro atoms. The molecule has 2 saturated heterocycles. The molecule has 1 N–H and O–H groups in total. The molecule has 2 fully saturated rings. The molecule has 2 aliphatic heterocycles. The Morgan fingerprint density at radius 3 is 2.48 bits per heavy atom. The van der Waals surface area contributed by atoms with Gasteiger partial charge < -0.3 is 24.4 Å². The zero-order valence-electron chi connectivity index (χ0n) is 23.7. The van der Waals surface area contributed by atoms with E-state index in [9.17, 15) is 10.1 Å². The summed E-state index contributed by atoms with van der Waals surface area (Å²) < 4.78 is 18.1. The van der Waals surface area contributed by atoms with Crippen molar-refractivity contribution in [2.75, 3.05) is 38.7 Å². The number of hydrogen-bond donors (Lipinski definition) is 1. The second kappa shape index (κ2) is 14.0. The van der Waals surface area contributed by atoms with Crippen LogP contribution >= 0.6 is 23.2 Å². The first kappa shape index (κ1) is 30.5. The average Bonchev–Trinajstić information content (AvgIpc) is 3.00. The van der Waals surface area contributed by atoms with Crippen molar-refractivity contribution < 1.29 is 19.0 Å². The lowest BCUT2D eigenvalue weighted by Crippen LogP contribution is -2.48. The van der Waals surface area contributed by atoms with Crippen LogP contribution in [0.4, 0.5) is 5.69 Å². The highest BCUT2D eigenvalue weighted by Crippen LogP contribution is 2.38. The minimum Gasteiger partial charge on any atom is -0.360 e. The summed E-state index contributed by atoms with van der Waals surface area (Å²) in [5.41, 5.74) is 3.53. The molecule has 2 unspecified atom stereocenters. The first-order chi connectivity index (χ1) is 20.4. The van der Waals surface area contributed by atoms with Crippen LogP contribution in [-0.4, -0.2) is 56.6 Å². The topological polar surface area (TPSA) is 83.8 Å². The molecule has 0 aliphatic carbocycles. The standard InChI is InChI=1S/C33H35Cl2N3O4/c1-40-32-7-3-6-30(42-32)21-38-14-12-33(13-15-38,41-22-31(39)37-29-18-27(34)17-28(35)19-29)26-10-8-24(9-11-26)25-5-2-4-23(16-25)20-36/h2,4-5,8-11,16-19,30,32H,3,6-7,12-15,21-22H2,1H3,(H,37,39). The number of benzene rings is 3. The number of rotatable bonds is 9. The minimum atomic E-state index is -0.630. The smallest absolute Gasteiger partial charge is 0.250 e. The molecule has 1 amide bonds. The Morgan fingerprint density at radius 2 is 1.79 bits per heavy atom. The van der Waals surface area contributed by atoms with Crippen LogP contribution in [0.2, 0.25) is 10.0 Å². The van der Waals surface area contributed by atoms with Crippen LogP contribution in [0.5, 0.6) is 0 Å². The van der Waals surface area contributed by atoms with E-state index >= 15 is 0 Å². The van der Waals surface area contributed by atoms with Crippen LogP contribution in [0.15, 0.2) is 66.7 Å². The van der Waals surface area contributed by atoms with E-state index in [1.807, 2.05) is 18.2 Å². The van der Waals surface area contributed by atoms with Crippen LogP contribution in [0.3, 0.4) is 0 Å². The third kappa shape index (κ3) is 7.70. The van der Waals surface area contributed by atoms with Gasteiger partial charge >= 0.3 is 0 Å². The maximum Gasteiger partial charge on any atom is 0.250 e. The molecule has 0 saturated carbocycles. The Morgan fingerprint density at radius 1 is 1.05 bits per heavy atom. The lowest BCUT2D eigenvalue weighted by molar-refractivity contribution is -0.186. The van der Waals surface area contributed by atoms with E-state index in [2.05, 4.69) is 40.6 Å². The third-order valence-corrected chi connectivity index (χ3v) is 8.50. The van der Waals surface area contributed by atoms with Gasteiger partial charge in [-0.25, -0.2) is 0 Å². The second-order valence-electron chi connectivity index (χ2n) is 10.9. The number of carbonyl (C=O) groups is 1. The number of carbonyl (C=O) groups excluding carboxylic acids is 1. The lowest BCUT2D eigenvalue weighted by atomic mass is 9.83. The van der Waals surface area contributed by atoms with Gasteiger partial charge in [0.25, 0.3) is 0 Å². The Labute approximate surface area is 257 Å². The van der Waals surface area contributed by atoms with Gasteiger partial charge in [0.05, 0.1) is 23.3 Å². The number of ether oxygens (including phenoxy) is 3. The van der Waals surface area contributed by atoms with Crippen molar-refractivity contribution in [2.24, 2.45) is 0 Å². The number of nitrogens with one attached hydrogen (secondary N) is 1. The summed E-state index contributed by atoms with van der Waals surface area (Å²) in [7, 11) is 1.70. The molecule has 3 aromatic rings. The molecule has 2 heterocycles. The zero-order chi connectivity index (χ0) is 29.5. The number of anilines is 1. The highest BCUT2D eigenvalue weighted by atomic mass is 35.5. The van der Waals surface area contributed by atoms with Gasteiger partial charge in [-0.05, 0) is 79.1 Å². The van der Waals surface area contributed by atoms with Crippen LogP contribution in [0.1, 0.15) is 43.2 Å². The molecule has 7 nitrogen and oxygen atoms in total. The Hall–Kier alpha value is -2.96. The van der Waals surface area contributed by atoms with E-state index in [1.165, 1.54) is 0 Å². The first-order valence-electron chi connectivity index (χ1n) is 14.3. The molecule has 0 aromatic heterocycles. The highest BCUT2D eigenvalue weighted by Gasteiger charge is 2.39. The number of hydrogen-bond acceptors (Lipinski definition) is 6. The van der Waals surface area contributed by atoms with E-state index in [0.717, 1.165) is 68.4 Å². The van der Waals surface area contributed by atoms with E-state index < -0.39 is 5.60 Å². The van der Waals surface area contributed by atoms with E-state index in [1.54, 1.807) is 31.4 Å². The molecule has 2 aliphatic rings. The number of methoxy groups -OCH3 is 1. The number of halogens is 2. The van der Waals surface area contributed by atoms with Gasteiger partial charge in [-0.1, -0.05) is 59.6 Å². The average molecular weight is 609 g/mol. The summed E-state index contributed by atoms with van der Waals surface area (Å²) in [6.07, 6.45) is 4.54. The predicted octanol–water partition coefficient (Wildman–Crippen LogP) is 7.02. The van der Waals surface area contributed by atoms with Crippen LogP contribution in [-0.2, 0) is 24.6 Å². The number of amides is 1. The quantitative estimate of drug-likeness (QED) is 0.281. The summed E-state index contributed by atoms with van der Waals surface area (Å²) in [5.74, 6) is -0.277. The van der Waals surface area contributed by atoms with Crippen molar-refractivity contribution in [3.05, 3.63) is 87.9 Å². The molecule has 2 atom stereocenters. The normalized spacial score (nSPS) is 20.5. The Bertz CT molecular complexity index is 1400. The summed E-state index contributed by atoms with van der Waals surface area (Å²) >= 11 is 12.2. The van der Waals surface area contributed by atoms with Gasteiger partial charge in [-0.15, -0.1) is 0 Å².